The van der Waals surface area contributed by atoms with E-state index in [4.69, 9.17) is 23.2 Å². The molecule has 0 unspecified atom stereocenters. The van der Waals surface area contributed by atoms with Crippen molar-refractivity contribution < 1.29 is 61.0 Å². The van der Waals surface area contributed by atoms with Crippen LogP contribution in [0, 0.1) is 5.92 Å². The van der Waals surface area contributed by atoms with Crippen molar-refractivity contribution in [2.24, 2.45) is 5.92 Å². The van der Waals surface area contributed by atoms with Crippen molar-refractivity contribution in [2.75, 3.05) is 33.7 Å². The van der Waals surface area contributed by atoms with E-state index in [0.29, 0.717) is 10.6 Å². The average Bonchev–Trinajstić information content (AvgIpc) is 3.97. The van der Waals surface area contributed by atoms with Crippen molar-refractivity contribution in [3.63, 3.8) is 0 Å². The summed E-state index contributed by atoms with van der Waals surface area (Å²) in [6, 6.07) is -3.87. The number of aromatic nitrogens is 1. The van der Waals surface area contributed by atoms with Crippen LogP contribution in [0.5, 0.6) is 0 Å². The maximum Gasteiger partial charge on any atom is 0.426 e. The van der Waals surface area contributed by atoms with Gasteiger partial charge >= 0.3 is 6.18 Å². The van der Waals surface area contributed by atoms with Crippen molar-refractivity contribution in [3.8, 4) is 0 Å². The van der Waals surface area contributed by atoms with Gasteiger partial charge in [-0.05, 0) is 82.1 Å². The zero-order valence-electron chi connectivity index (χ0n) is 39.0. The number of likely N-dealkylation sites (N-methyl/N-ethyl adjacent to an activating group) is 2. The summed E-state index contributed by atoms with van der Waals surface area (Å²) >= 11 is 13.9. The molecule has 0 spiro atoms. The molecule has 382 valence electrons. The SMILES string of the molecule is CC(C)C[C@@H]1NC(=O)[C@@H](N(C)C(=O)[C@H](CCCNC(=O)c2cscn2)NC(=O)[C@@H]2C[C@@H](F)CN2C(=O)[C@@](C)(O)C(F)(F)F)CCCCNC(=O)[C@@H](C)NC(=O)[C@H](Cc2cc(Cl)ccc2Cl)N(C)C1=O. The first-order valence-electron chi connectivity index (χ1n) is 22.3. The number of likely N-dealkylation sites (tertiary alicyclic amines) is 1. The van der Waals surface area contributed by atoms with Crippen LogP contribution in [0.15, 0.2) is 29.1 Å². The summed E-state index contributed by atoms with van der Waals surface area (Å²) in [5.74, 6) is -7.66. The summed E-state index contributed by atoms with van der Waals surface area (Å²) in [6.07, 6.45) is -8.17. The molecule has 2 saturated heterocycles. The minimum absolute atomic E-state index is 0.0103. The number of thiazole rings is 1. The Balaban J connectivity index is 1.68. The molecule has 2 aliphatic heterocycles. The normalized spacial score (nSPS) is 23.6. The zero-order valence-corrected chi connectivity index (χ0v) is 41.3. The van der Waals surface area contributed by atoms with E-state index in [1.54, 1.807) is 19.9 Å². The van der Waals surface area contributed by atoms with Crippen molar-refractivity contribution >= 4 is 81.8 Å². The van der Waals surface area contributed by atoms with Crippen LogP contribution < -0.4 is 26.6 Å². The largest absolute Gasteiger partial charge is 0.426 e. The number of nitrogens with one attached hydrogen (secondary N) is 5. The highest BCUT2D eigenvalue weighted by molar-refractivity contribution is 7.07. The maximum absolute atomic E-state index is 14.8. The summed E-state index contributed by atoms with van der Waals surface area (Å²) < 4.78 is 56.1. The Kier molecular flexibility index (Phi) is 20.1. The minimum Gasteiger partial charge on any atom is -0.373 e. The van der Waals surface area contributed by atoms with Crippen molar-refractivity contribution in [3.05, 3.63) is 50.4 Å². The number of hydrogen-bond acceptors (Lipinski definition) is 11. The molecule has 1 aromatic carbocycles. The zero-order chi connectivity index (χ0) is 51.5. The van der Waals surface area contributed by atoms with Crippen LogP contribution in [-0.4, -0.2) is 160 Å². The van der Waals surface area contributed by atoms with E-state index in [-0.39, 0.29) is 86.5 Å². The second-order valence-corrected chi connectivity index (χ2v) is 19.3. The number of carbonyl (C=O) groups excluding carboxylic acids is 8. The summed E-state index contributed by atoms with van der Waals surface area (Å²) in [6.45, 7) is 4.28. The number of halogens is 6. The number of carbonyl (C=O) groups is 8. The second kappa shape index (κ2) is 24.6. The van der Waals surface area contributed by atoms with Crippen LogP contribution in [0.3, 0.4) is 0 Å². The third-order valence-electron chi connectivity index (χ3n) is 12.0. The van der Waals surface area contributed by atoms with Gasteiger partial charge in [0.15, 0.2) is 0 Å². The molecule has 2 aliphatic rings. The van der Waals surface area contributed by atoms with Gasteiger partial charge in [0.2, 0.25) is 41.0 Å². The smallest absolute Gasteiger partial charge is 0.373 e. The lowest BCUT2D eigenvalue weighted by Crippen LogP contribution is -2.61. The fourth-order valence-electron chi connectivity index (χ4n) is 7.88. The summed E-state index contributed by atoms with van der Waals surface area (Å²) in [5, 5.41) is 25.4. The molecular formula is C44H59Cl2F4N9O9S. The molecule has 2 aromatic rings. The fraction of sp³-hybridized carbons (Fsp3) is 0.614. The predicted octanol–water partition coefficient (Wildman–Crippen LogP) is 2.93. The van der Waals surface area contributed by atoms with Crippen LogP contribution >= 0.6 is 34.5 Å². The quantitative estimate of drug-likeness (QED) is 0.120. The van der Waals surface area contributed by atoms with Crippen LogP contribution in [0.4, 0.5) is 17.6 Å². The van der Waals surface area contributed by atoms with Gasteiger partial charge in [0.05, 0.1) is 12.1 Å². The van der Waals surface area contributed by atoms with Gasteiger partial charge < -0.3 is 46.4 Å². The van der Waals surface area contributed by atoms with Crippen LogP contribution in [-0.2, 0) is 40.0 Å². The number of aliphatic hydroxyl groups is 1. The van der Waals surface area contributed by atoms with E-state index < -0.39 is 114 Å². The first-order chi connectivity index (χ1) is 32.2. The highest BCUT2D eigenvalue weighted by atomic mass is 35.5. The molecule has 0 aliphatic carbocycles. The Morgan fingerprint density at radius 2 is 1.75 bits per heavy atom. The molecule has 3 heterocycles. The average molecular weight is 1040 g/mol. The standard InChI is InChI=1S/C44H59Cl2F4N9O9S/c1-23(2)16-30-41(66)58(6)33(18-25-17-26(45)12-13-28(25)46)38(63)54-24(3)35(60)51-14-8-7-11-32(37(62)56-30)57(5)40(65)29(10-9-15-52-36(61)31-21-69-22-53-31)55-39(64)34-19-27(47)20-59(34)42(67)43(4,68)44(48,49)50/h12-13,17,21-24,27,29-30,32-34,68H,7-11,14-16,18-20H2,1-6H3,(H,51,60)(H,52,61)(H,54,63)(H,55,64)(H,56,62)/t24-,27-,29+,30+,32+,33+,34+,43-/m1/s1. The summed E-state index contributed by atoms with van der Waals surface area (Å²) in [7, 11) is 2.61. The van der Waals surface area contributed by atoms with E-state index in [1.165, 1.54) is 55.4 Å². The van der Waals surface area contributed by atoms with E-state index >= 15 is 0 Å². The number of alkyl halides is 4. The van der Waals surface area contributed by atoms with E-state index in [1.807, 2.05) is 0 Å². The summed E-state index contributed by atoms with van der Waals surface area (Å²) in [5.41, 5.74) is -2.02. The predicted molar refractivity (Wildman–Crippen MR) is 246 cm³/mol. The molecule has 2 fully saturated rings. The highest BCUT2D eigenvalue weighted by Crippen LogP contribution is 2.34. The van der Waals surface area contributed by atoms with Gasteiger partial charge in [-0.25, -0.2) is 9.37 Å². The van der Waals surface area contributed by atoms with Gasteiger partial charge in [-0.3, -0.25) is 38.4 Å². The molecule has 0 saturated carbocycles. The third kappa shape index (κ3) is 14.9. The molecule has 4 rings (SSSR count). The lowest BCUT2D eigenvalue weighted by molar-refractivity contribution is -0.250. The molecule has 18 nitrogen and oxygen atoms in total. The van der Waals surface area contributed by atoms with E-state index in [9.17, 15) is 61.0 Å². The Morgan fingerprint density at radius 3 is 2.39 bits per heavy atom. The number of amides is 8. The lowest BCUT2D eigenvalue weighted by atomic mass is 9.98. The second-order valence-electron chi connectivity index (χ2n) is 17.8. The molecule has 6 N–H and O–H groups in total. The number of benzene rings is 1. The lowest BCUT2D eigenvalue weighted by Gasteiger charge is -2.35. The molecule has 8 amide bonds. The Morgan fingerprint density at radius 1 is 1.06 bits per heavy atom. The van der Waals surface area contributed by atoms with Gasteiger partial charge in [0, 0.05) is 55.5 Å². The minimum atomic E-state index is -5.49. The third-order valence-corrected chi connectivity index (χ3v) is 13.1. The van der Waals surface area contributed by atoms with Gasteiger partial charge in [0.1, 0.15) is 48.1 Å². The van der Waals surface area contributed by atoms with Gasteiger partial charge in [-0.1, -0.05) is 37.0 Å². The van der Waals surface area contributed by atoms with Crippen LogP contribution in [0.25, 0.3) is 0 Å². The highest BCUT2D eigenvalue weighted by Gasteiger charge is 2.59. The van der Waals surface area contributed by atoms with E-state index in [0.717, 1.165) is 9.80 Å². The van der Waals surface area contributed by atoms with Crippen molar-refractivity contribution in [1.29, 1.82) is 0 Å². The number of hydrogen-bond donors (Lipinski definition) is 6. The first kappa shape index (κ1) is 56.5. The maximum atomic E-state index is 14.8. The van der Waals surface area contributed by atoms with Crippen molar-refractivity contribution in [1.82, 2.24) is 46.3 Å². The van der Waals surface area contributed by atoms with Gasteiger partial charge in [-0.2, -0.15) is 13.2 Å². The van der Waals surface area contributed by atoms with Crippen molar-refractivity contribution in [2.45, 2.75) is 133 Å². The van der Waals surface area contributed by atoms with Crippen LogP contribution in [0.2, 0.25) is 10.0 Å². The van der Waals surface area contributed by atoms with Gasteiger partial charge in [0.25, 0.3) is 11.8 Å². The summed E-state index contributed by atoms with van der Waals surface area (Å²) in [4.78, 5) is 117. The molecule has 8 atom stereocenters. The Bertz CT molecular complexity index is 2190. The molecule has 0 radical (unpaired) electrons. The number of nitrogens with zero attached hydrogens (tertiary/aromatic N) is 4. The number of rotatable bonds is 14. The molecule has 25 heteroatoms. The monoisotopic (exact) mass is 1040 g/mol. The molecular weight excluding hydrogens is 978 g/mol. The van der Waals surface area contributed by atoms with E-state index in [2.05, 4.69) is 31.6 Å². The topological polar surface area (TPSA) is 240 Å². The molecule has 0 bridgehead atoms. The molecule has 69 heavy (non-hydrogen) atoms. The fourth-order valence-corrected chi connectivity index (χ4v) is 8.80. The van der Waals surface area contributed by atoms with Crippen LogP contribution in [0.1, 0.15) is 88.7 Å². The Labute approximate surface area is 410 Å². The van der Waals surface area contributed by atoms with Gasteiger partial charge in [-0.15, -0.1) is 11.3 Å². The Hall–Kier alpha value is -5.13. The molecule has 1 aromatic heterocycles. The first-order valence-corrected chi connectivity index (χ1v) is 24.0.